The van der Waals surface area contributed by atoms with Crippen molar-refractivity contribution in [1.82, 2.24) is 0 Å². The molecule has 0 aromatic carbocycles. The maximum absolute atomic E-state index is 2.76. The minimum absolute atomic E-state index is 0.649. The summed E-state index contributed by atoms with van der Waals surface area (Å²) in [5.41, 5.74) is 1.35. The van der Waals surface area contributed by atoms with E-state index in [1.807, 2.05) is 0 Å². The first kappa shape index (κ1) is 21.2. The van der Waals surface area contributed by atoms with E-state index in [0.717, 1.165) is 47.3 Å². The van der Waals surface area contributed by atoms with Crippen LogP contribution in [-0.2, 0) is 0 Å². The van der Waals surface area contributed by atoms with Crippen LogP contribution in [0.5, 0.6) is 0 Å². The van der Waals surface area contributed by atoms with Gasteiger partial charge in [0.05, 0.1) is 0 Å². The minimum Gasteiger partial charge on any atom is -0.0628 e. The highest BCUT2D eigenvalue weighted by Gasteiger charge is 2.61. The average molecular weight is 387 g/mol. The van der Waals surface area contributed by atoms with E-state index in [1.54, 1.807) is 44.9 Å². The van der Waals surface area contributed by atoms with Gasteiger partial charge in [-0.05, 0) is 103 Å². The first-order valence-corrected chi connectivity index (χ1v) is 13.3. The quantitative estimate of drug-likeness (QED) is 0.443. The molecule has 4 saturated carbocycles. The van der Waals surface area contributed by atoms with Gasteiger partial charge in [0.25, 0.3) is 0 Å². The summed E-state index contributed by atoms with van der Waals surface area (Å²) in [6, 6.07) is 0. The van der Waals surface area contributed by atoms with Gasteiger partial charge < -0.3 is 0 Å². The van der Waals surface area contributed by atoms with Gasteiger partial charge in [0, 0.05) is 0 Å². The summed E-state index contributed by atoms with van der Waals surface area (Å²) in [6.07, 6.45) is 18.3. The Kier molecular flexibility index (Phi) is 6.01. The van der Waals surface area contributed by atoms with Gasteiger partial charge in [-0.3, -0.25) is 0 Å². The lowest BCUT2D eigenvalue weighted by Gasteiger charge is -2.61. The SMILES string of the molecule is CC(C)CCC[C@@H](C)[C@H]1C(C)C[C@H]2[C@@H]3CCC4CCCC[C@]4(C)[C@H]3CC[C@]12C. The van der Waals surface area contributed by atoms with Gasteiger partial charge >= 0.3 is 0 Å². The van der Waals surface area contributed by atoms with Crippen LogP contribution in [0.3, 0.4) is 0 Å². The van der Waals surface area contributed by atoms with Crippen LogP contribution >= 0.6 is 0 Å². The molecule has 0 heteroatoms. The van der Waals surface area contributed by atoms with Gasteiger partial charge in [-0.2, -0.15) is 0 Å². The Bertz CT molecular complexity index is 534. The summed E-state index contributed by atoms with van der Waals surface area (Å²) >= 11 is 0. The molecule has 4 aliphatic rings. The monoisotopic (exact) mass is 386 g/mol. The minimum atomic E-state index is 0.649. The fourth-order valence-electron chi connectivity index (χ4n) is 9.94. The highest BCUT2D eigenvalue weighted by atomic mass is 14.7. The third-order valence-corrected chi connectivity index (χ3v) is 11.1. The van der Waals surface area contributed by atoms with Crippen LogP contribution in [0.15, 0.2) is 0 Å². The van der Waals surface area contributed by atoms with Gasteiger partial charge in [0.15, 0.2) is 0 Å². The van der Waals surface area contributed by atoms with Crippen molar-refractivity contribution in [3.63, 3.8) is 0 Å². The molecule has 162 valence electrons. The fourth-order valence-corrected chi connectivity index (χ4v) is 9.94. The maximum Gasteiger partial charge on any atom is -0.0261 e. The molecule has 9 atom stereocenters. The van der Waals surface area contributed by atoms with Crippen molar-refractivity contribution in [2.45, 2.75) is 119 Å². The lowest BCUT2D eigenvalue weighted by molar-refractivity contribution is -0.114. The highest BCUT2D eigenvalue weighted by Crippen LogP contribution is 2.69. The Hall–Kier alpha value is 0. The van der Waals surface area contributed by atoms with Gasteiger partial charge in [0.1, 0.15) is 0 Å². The van der Waals surface area contributed by atoms with Gasteiger partial charge in [0.2, 0.25) is 0 Å². The van der Waals surface area contributed by atoms with Crippen molar-refractivity contribution in [2.24, 2.45) is 58.2 Å². The standard InChI is InChI=1S/C28H50/c1-19(2)10-9-11-20(3)26-21(4)18-25-23-14-13-22-12-7-8-16-27(22,5)24(23)15-17-28(25,26)6/h19-26H,7-18H2,1-6H3/t20-,21?,22?,23-,24+,25+,26+,27+,28+/m1/s1. The van der Waals surface area contributed by atoms with Crippen molar-refractivity contribution in [3.05, 3.63) is 0 Å². The van der Waals surface area contributed by atoms with E-state index in [2.05, 4.69) is 41.5 Å². The third kappa shape index (κ3) is 3.41. The molecule has 0 amide bonds. The van der Waals surface area contributed by atoms with E-state index >= 15 is 0 Å². The molecular formula is C28H50. The first-order chi connectivity index (χ1) is 13.3. The first-order valence-electron chi connectivity index (χ1n) is 13.3. The van der Waals surface area contributed by atoms with Gasteiger partial charge in [-0.15, -0.1) is 0 Å². The van der Waals surface area contributed by atoms with E-state index in [9.17, 15) is 0 Å². The molecule has 0 aliphatic heterocycles. The summed E-state index contributed by atoms with van der Waals surface area (Å²) in [6.45, 7) is 15.5. The molecule has 0 aromatic heterocycles. The number of rotatable bonds is 5. The topological polar surface area (TPSA) is 0 Å². The molecule has 0 radical (unpaired) electrons. The van der Waals surface area contributed by atoms with Crippen LogP contribution in [0.25, 0.3) is 0 Å². The van der Waals surface area contributed by atoms with Crippen molar-refractivity contribution in [3.8, 4) is 0 Å². The molecule has 0 nitrogen and oxygen atoms in total. The normalized spacial score (nSPS) is 49.4. The second kappa shape index (κ2) is 7.92. The van der Waals surface area contributed by atoms with E-state index < -0.39 is 0 Å². The van der Waals surface area contributed by atoms with Crippen LogP contribution in [0.2, 0.25) is 0 Å². The van der Waals surface area contributed by atoms with E-state index in [4.69, 9.17) is 0 Å². The van der Waals surface area contributed by atoms with Crippen molar-refractivity contribution >= 4 is 0 Å². The molecule has 2 unspecified atom stereocenters. The molecule has 4 rings (SSSR count). The maximum atomic E-state index is 2.76. The second-order valence-corrected chi connectivity index (χ2v) is 13.0. The van der Waals surface area contributed by atoms with Crippen molar-refractivity contribution < 1.29 is 0 Å². The largest absolute Gasteiger partial charge is 0.0628 e. The molecule has 0 N–H and O–H groups in total. The molecule has 0 heterocycles. The molecule has 0 aromatic rings. The predicted octanol–water partition coefficient (Wildman–Crippen LogP) is 8.74. The van der Waals surface area contributed by atoms with Crippen LogP contribution < -0.4 is 0 Å². The fraction of sp³-hybridized carbons (Fsp3) is 1.00. The summed E-state index contributed by atoms with van der Waals surface area (Å²) in [5, 5.41) is 0. The van der Waals surface area contributed by atoms with Gasteiger partial charge in [-0.25, -0.2) is 0 Å². The Morgan fingerprint density at radius 2 is 1.61 bits per heavy atom. The Morgan fingerprint density at radius 3 is 2.36 bits per heavy atom. The van der Waals surface area contributed by atoms with Crippen molar-refractivity contribution in [2.75, 3.05) is 0 Å². The lowest BCUT2D eigenvalue weighted by atomic mass is 9.44. The van der Waals surface area contributed by atoms with Crippen LogP contribution in [-0.4, -0.2) is 0 Å². The molecule has 4 aliphatic carbocycles. The summed E-state index contributed by atoms with van der Waals surface area (Å²) in [5.74, 6) is 7.98. The van der Waals surface area contributed by atoms with Crippen molar-refractivity contribution in [1.29, 1.82) is 0 Å². The summed E-state index contributed by atoms with van der Waals surface area (Å²) in [4.78, 5) is 0. The molecule has 0 bridgehead atoms. The van der Waals surface area contributed by atoms with E-state index in [1.165, 1.54) is 32.1 Å². The average Bonchev–Trinajstić information content (AvgIpc) is 2.91. The number of hydrogen-bond donors (Lipinski definition) is 0. The lowest BCUT2D eigenvalue weighted by Crippen LogP contribution is -2.53. The number of fused-ring (bicyclic) bond motifs is 5. The summed E-state index contributed by atoms with van der Waals surface area (Å²) < 4.78 is 0. The molecule has 4 fully saturated rings. The predicted molar refractivity (Wildman–Crippen MR) is 122 cm³/mol. The van der Waals surface area contributed by atoms with Crippen LogP contribution in [0.4, 0.5) is 0 Å². The Morgan fingerprint density at radius 1 is 0.821 bits per heavy atom. The number of hydrogen-bond acceptors (Lipinski definition) is 0. The molecule has 28 heavy (non-hydrogen) atoms. The highest BCUT2D eigenvalue weighted by molar-refractivity contribution is 5.10. The van der Waals surface area contributed by atoms with Crippen LogP contribution in [0, 0.1) is 58.2 Å². The zero-order chi connectivity index (χ0) is 20.1. The zero-order valence-electron chi connectivity index (χ0n) is 20.1. The zero-order valence-corrected chi connectivity index (χ0v) is 20.1. The molecule has 0 saturated heterocycles. The van der Waals surface area contributed by atoms with E-state index in [-0.39, 0.29) is 0 Å². The second-order valence-electron chi connectivity index (χ2n) is 13.0. The third-order valence-electron chi connectivity index (χ3n) is 11.1. The molecule has 0 spiro atoms. The van der Waals surface area contributed by atoms with E-state index in [0.29, 0.717) is 10.8 Å². The Balaban J connectivity index is 1.51. The smallest absolute Gasteiger partial charge is 0.0261 e. The van der Waals surface area contributed by atoms with Gasteiger partial charge in [-0.1, -0.05) is 73.6 Å². The summed E-state index contributed by atoms with van der Waals surface area (Å²) in [7, 11) is 0. The Labute approximate surface area is 177 Å². The van der Waals surface area contributed by atoms with Crippen LogP contribution in [0.1, 0.15) is 119 Å². The molecular weight excluding hydrogens is 336 g/mol.